The number of hydrogen-bond donors (Lipinski definition) is 1. The van der Waals surface area contributed by atoms with Crippen LogP contribution in [0.4, 0.5) is 0 Å². The third-order valence-electron chi connectivity index (χ3n) is 4.06. The lowest BCUT2D eigenvalue weighted by atomic mass is 10.0. The fraction of sp³-hybridized carbons (Fsp3) is 0.438. The van der Waals surface area contributed by atoms with Gasteiger partial charge in [0.1, 0.15) is 0 Å². The monoisotopic (exact) mass is 256 g/mol. The predicted molar refractivity (Wildman–Crippen MR) is 75.6 cm³/mol. The van der Waals surface area contributed by atoms with Crippen molar-refractivity contribution in [2.24, 2.45) is 5.92 Å². The number of nitrogens with zero attached hydrogens (tertiary/aromatic N) is 2. The Bertz CT molecular complexity index is 515. The van der Waals surface area contributed by atoms with Crippen LogP contribution in [-0.2, 0) is 6.54 Å². The van der Waals surface area contributed by atoms with E-state index in [1.807, 2.05) is 35.3 Å². The first-order valence-electron chi connectivity index (χ1n) is 7.09. The molecule has 1 atom stereocenters. The van der Waals surface area contributed by atoms with Gasteiger partial charge in [0.25, 0.3) is 0 Å². The summed E-state index contributed by atoms with van der Waals surface area (Å²) in [4.78, 5) is 0. The van der Waals surface area contributed by atoms with Crippen molar-refractivity contribution in [2.75, 3.05) is 0 Å². The number of aromatic nitrogens is 2. The molecule has 3 heteroatoms. The molecule has 0 spiro atoms. The lowest BCUT2D eigenvalue weighted by Crippen LogP contribution is -2.24. The van der Waals surface area contributed by atoms with Crippen molar-refractivity contribution in [2.45, 2.75) is 38.3 Å². The molecule has 1 saturated carbocycles. The molecule has 1 aromatic carbocycles. The van der Waals surface area contributed by atoms with Gasteiger partial charge in [-0.25, -0.2) is 0 Å². The van der Waals surface area contributed by atoms with Gasteiger partial charge in [0, 0.05) is 11.8 Å². The summed E-state index contributed by atoms with van der Waals surface area (Å²) in [7, 11) is 0. The Morgan fingerprint density at radius 2 is 1.89 bits per heavy atom. The van der Waals surface area contributed by atoms with Crippen LogP contribution < -0.4 is 0 Å². The summed E-state index contributed by atoms with van der Waals surface area (Å²) in [6, 6.07) is 10.2. The number of benzene rings is 1. The second-order valence-corrected chi connectivity index (χ2v) is 5.43. The predicted octanol–water partition coefficient (Wildman–Crippen LogP) is 3.10. The standard InChI is InChI=1S/C16H20N2O/c19-16(14-8-4-5-9-14)12-18-11-15(10-17-18)13-6-2-1-3-7-13/h1-3,6-7,10-11,14,16,19H,4-5,8-9,12H2. The van der Waals surface area contributed by atoms with Crippen LogP contribution in [0.1, 0.15) is 25.7 Å². The molecule has 1 aromatic heterocycles. The van der Waals surface area contributed by atoms with Gasteiger partial charge in [0.05, 0.1) is 18.8 Å². The zero-order valence-corrected chi connectivity index (χ0v) is 11.1. The van der Waals surface area contributed by atoms with Crippen LogP contribution >= 0.6 is 0 Å². The Morgan fingerprint density at radius 1 is 1.16 bits per heavy atom. The van der Waals surface area contributed by atoms with Gasteiger partial charge in [0.15, 0.2) is 0 Å². The minimum atomic E-state index is -0.258. The summed E-state index contributed by atoms with van der Waals surface area (Å²) >= 11 is 0. The van der Waals surface area contributed by atoms with Gasteiger partial charge in [-0.1, -0.05) is 43.2 Å². The molecule has 1 unspecified atom stereocenters. The van der Waals surface area contributed by atoms with Crippen LogP contribution in [0.15, 0.2) is 42.7 Å². The van der Waals surface area contributed by atoms with E-state index >= 15 is 0 Å². The maximum absolute atomic E-state index is 10.2. The molecule has 1 fully saturated rings. The lowest BCUT2D eigenvalue weighted by Gasteiger charge is -2.17. The van der Waals surface area contributed by atoms with Crippen LogP contribution in [0.5, 0.6) is 0 Å². The van der Waals surface area contributed by atoms with Gasteiger partial charge in [-0.05, 0) is 24.3 Å². The molecule has 1 N–H and O–H groups in total. The summed E-state index contributed by atoms with van der Waals surface area (Å²) in [6.07, 6.45) is 8.48. The lowest BCUT2D eigenvalue weighted by molar-refractivity contribution is 0.0894. The Balaban J connectivity index is 1.68. The molecule has 0 aliphatic heterocycles. The van der Waals surface area contributed by atoms with Gasteiger partial charge >= 0.3 is 0 Å². The highest BCUT2D eigenvalue weighted by Gasteiger charge is 2.23. The summed E-state index contributed by atoms with van der Waals surface area (Å²) in [5.74, 6) is 0.462. The molecule has 3 nitrogen and oxygen atoms in total. The molecule has 0 bridgehead atoms. The smallest absolute Gasteiger partial charge is 0.0764 e. The topological polar surface area (TPSA) is 38.0 Å². The van der Waals surface area contributed by atoms with Crippen molar-refractivity contribution >= 4 is 0 Å². The molecule has 0 radical (unpaired) electrons. The van der Waals surface area contributed by atoms with E-state index in [2.05, 4.69) is 17.2 Å². The second kappa shape index (κ2) is 5.57. The molecule has 0 amide bonds. The average Bonchev–Trinajstić information content (AvgIpc) is 3.11. The minimum absolute atomic E-state index is 0.258. The van der Waals surface area contributed by atoms with Crippen LogP contribution in [-0.4, -0.2) is 21.0 Å². The normalized spacial score (nSPS) is 17.7. The van der Waals surface area contributed by atoms with Crippen LogP contribution in [0.3, 0.4) is 0 Å². The molecular formula is C16H20N2O. The van der Waals surface area contributed by atoms with Crippen molar-refractivity contribution in [1.29, 1.82) is 0 Å². The Labute approximate surface area is 113 Å². The first-order valence-corrected chi connectivity index (χ1v) is 7.09. The Morgan fingerprint density at radius 3 is 2.63 bits per heavy atom. The Hall–Kier alpha value is -1.61. The zero-order chi connectivity index (χ0) is 13.1. The fourth-order valence-electron chi connectivity index (χ4n) is 2.93. The average molecular weight is 256 g/mol. The third kappa shape index (κ3) is 2.87. The molecule has 1 heterocycles. The number of rotatable bonds is 4. The zero-order valence-electron chi connectivity index (χ0n) is 11.1. The van der Waals surface area contributed by atoms with E-state index in [1.54, 1.807) is 0 Å². The van der Waals surface area contributed by atoms with E-state index in [4.69, 9.17) is 0 Å². The summed E-state index contributed by atoms with van der Waals surface area (Å²) in [5.41, 5.74) is 2.28. The van der Waals surface area contributed by atoms with Crippen LogP contribution in [0, 0.1) is 5.92 Å². The van der Waals surface area contributed by atoms with Gasteiger partial charge in [-0.15, -0.1) is 0 Å². The minimum Gasteiger partial charge on any atom is -0.391 e. The van der Waals surface area contributed by atoms with Crippen LogP contribution in [0.2, 0.25) is 0 Å². The first-order chi connectivity index (χ1) is 9.33. The number of hydrogen-bond acceptors (Lipinski definition) is 2. The molecule has 19 heavy (non-hydrogen) atoms. The van der Waals surface area contributed by atoms with Crippen molar-refractivity contribution in [3.8, 4) is 11.1 Å². The molecule has 0 saturated heterocycles. The largest absolute Gasteiger partial charge is 0.391 e. The summed E-state index contributed by atoms with van der Waals surface area (Å²) in [6.45, 7) is 0.609. The van der Waals surface area contributed by atoms with E-state index < -0.39 is 0 Å². The first kappa shape index (κ1) is 12.4. The third-order valence-corrected chi connectivity index (χ3v) is 4.06. The van der Waals surface area contributed by atoms with E-state index in [0.717, 1.165) is 18.4 Å². The van der Waals surface area contributed by atoms with E-state index in [-0.39, 0.29) is 6.10 Å². The van der Waals surface area contributed by atoms with E-state index in [0.29, 0.717) is 12.5 Å². The summed E-state index contributed by atoms with van der Waals surface area (Å²) < 4.78 is 1.87. The van der Waals surface area contributed by atoms with Crippen molar-refractivity contribution in [3.05, 3.63) is 42.7 Å². The van der Waals surface area contributed by atoms with E-state index in [1.165, 1.54) is 18.4 Å². The highest BCUT2D eigenvalue weighted by molar-refractivity contribution is 5.61. The number of aliphatic hydroxyl groups is 1. The van der Waals surface area contributed by atoms with Crippen LogP contribution in [0.25, 0.3) is 11.1 Å². The SMILES string of the molecule is OC(Cn1cc(-c2ccccc2)cn1)C1CCCC1. The van der Waals surface area contributed by atoms with Crippen molar-refractivity contribution in [3.63, 3.8) is 0 Å². The molecule has 1 aliphatic rings. The summed E-state index contributed by atoms with van der Waals surface area (Å²) in [5, 5.41) is 14.6. The van der Waals surface area contributed by atoms with Crippen molar-refractivity contribution in [1.82, 2.24) is 9.78 Å². The molecule has 100 valence electrons. The maximum atomic E-state index is 10.2. The molecule has 2 aromatic rings. The highest BCUT2D eigenvalue weighted by atomic mass is 16.3. The van der Waals surface area contributed by atoms with Gasteiger partial charge in [0.2, 0.25) is 0 Å². The molecule has 1 aliphatic carbocycles. The maximum Gasteiger partial charge on any atom is 0.0764 e. The Kier molecular flexibility index (Phi) is 3.65. The molecular weight excluding hydrogens is 236 g/mol. The molecule has 3 rings (SSSR count). The van der Waals surface area contributed by atoms with Gasteiger partial charge in [-0.3, -0.25) is 4.68 Å². The number of aliphatic hydroxyl groups excluding tert-OH is 1. The van der Waals surface area contributed by atoms with Crippen molar-refractivity contribution < 1.29 is 5.11 Å². The van der Waals surface area contributed by atoms with Gasteiger partial charge in [-0.2, -0.15) is 5.10 Å². The quantitative estimate of drug-likeness (QED) is 0.912. The van der Waals surface area contributed by atoms with E-state index in [9.17, 15) is 5.11 Å². The highest BCUT2D eigenvalue weighted by Crippen LogP contribution is 2.28. The second-order valence-electron chi connectivity index (χ2n) is 5.43. The fourth-order valence-corrected chi connectivity index (χ4v) is 2.93. The van der Waals surface area contributed by atoms with Gasteiger partial charge < -0.3 is 5.11 Å².